The molecule has 1 aromatic heterocycles. The molecule has 0 spiro atoms. The topological polar surface area (TPSA) is 65.2 Å². The van der Waals surface area contributed by atoms with Crippen LogP contribution in [-0.4, -0.2) is 17.6 Å². The van der Waals surface area contributed by atoms with Crippen LogP contribution < -0.4 is 5.73 Å². The number of ether oxygens (including phenoxy) is 1. The molecule has 2 N–H and O–H groups in total. The summed E-state index contributed by atoms with van der Waals surface area (Å²) in [6, 6.07) is 1.55. The molecule has 1 aromatic rings. The van der Waals surface area contributed by atoms with Gasteiger partial charge in [0.2, 0.25) is 0 Å². The van der Waals surface area contributed by atoms with Crippen molar-refractivity contribution in [2.24, 2.45) is 5.92 Å². The lowest BCUT2D eigenvalue weighted by Crippen LogP contribution is -2.12. The van der Waals surface area contributed by atoms with E-state index >= 15 is 0 Å². The lowest BCUT2D eigenvalue weighted by atomic mass is 10.2. The summed E-state index contributed by atoms with van der Waals surface area (Å²) < 4.78 is 5.02. The first-order chi connectivity index (χ1) is 6.61. The van der Waals surface area contributed by atoms with E-state index in [-0.39, 0.29) is 0 Å². The van der Waals surface area contributed by atoms with Gasteiger partial charge < -0.3 is 10.5 Å². The van der Waals surface area contributed by atoms with E-state index in [0.29, 0.717) is 23.8 Å². The van der Waals surface area contributed by atoms with Crippen LogP contribution in [0.2, 0.25) is 0 Å². The van der Waals surface area contributed by atoms with Gasteiger partial charge in [0.25, 0.3) is 0 Å². The van der Waals surface area contributed by atoms with Gasteiger partial charge in [-0.3, -0.25) is 4.98 Å². The first-order valence-corrected chi connectivity index (χ1v) is 4.48. The van der Waals surface area contributed by atoms with Crippen molar-refractivity contribution in [1.29, 1.82) is 0 Å². The molecule has 0 aliphatic heterocycles. The Hall–Kier alpha value is -1.58. The highest BCUT2D eigenvalue weighted by molar-refractivity contribution is 5.94. The molecule has 0 radical (unpaired) electrons. The Kier molecular flexibility index (Phi) is 3.45. The molecular weight excluding hydrogens is 180 g/mol. The fourth-order valence-electron chi connectivity index (χ4n) is 0.913. The Morgan fingerprint density at radius 3 is 2.93 bits per heavy atom. The highest BCUT2D eigenvalue weighted by Gasteiger charge is 2.10. The smallest absolute Gasteiger partial charge is 0.340 e. The number of nitrogen functional groups attached to an aromatic ring is 1. The van der Waals surface area contributed by atoms with Crippen LogP contribution in [-0.2, 0) is 4.74 Å². The summed E-state index contributed by atoms with van der Waals surface area (Å²) in [6.07, 6.45) is 2.95. The van der Waals surface area contributed by atoms with Crippen LogP contribution in [0.3, 0.4) is 0 Å². The average Bonchev–Trinajstić information content (AvgIpc) is 2.15. The number of nitrogens with two attached hydrogens (primary N) is 1. The summed E-state index contributed by atoms with van der Waals surface area (Å²) in [7, 11) is 0. The van der Waals surface area contributed by atoms with E-state index in [0.717, 1.165) is 0 Å². The highest BCUT2D eigenvalue weighted by atomic mass is 16.5. The van der Waals surface area contributed by atoms with Gasteiger partial charge in [0.15, 0.2) is 0 Å². The minimum Gasteiger partial charge on any atom is -0.462 e. The molecule has 4 heteroatoms. The van der Waals surface area contributed by atoms with Crippen LogP contribution >= 0.6 is 0 Å². The molecular formula is C10H14N2O2. The van der Waals surface area contributed by atoms with Crippen molar-refractivity contribution in [3.8, 4) is 0 Å². The number of hydrogen-bond donors (Lipinski definition) is 1. The number of anilines is 1. The fraction of sp³-hybridized carbons (Fsp3) is 0.400. The second-order valence-corrected chi connectivity index (χ2v) is 3.46. The number of esters is 1. The van der Waals surface area contributed by atoms with E-state index in [9.17, 15) is 4.79 Å². The standard InChI is InChI=1S/C10H14N2O2/c1-7(2)6-14-10(13)8-3-4-12-5-9(8)11/h3-5,7H,6,11H2,1-2H3. The van der Waals surface area contributed by atoms with E-state index in [1.807, 2.05) is 13.8 Å². The number of carbonyl (C=O) groups is 1. The zero-order valence-electron chi connectivity index (χ0n) is 8.36. The van der Waals surface area contributed by atoms with Crippen LogP contribution in [0, 0.1) is 5.92 Å². The fourth-order valence-corrected chi connectivity index (χ4v) is 0.913. The molecule has 0 atom stereocenters. The average molecular weight is 194 g/mol. The number of hydrogen-bond acceptors (Lipinski definition) is 4. The van der Waals surface area contributed by atoms with E-state index < -0.39 is 5.97 Å². The van der Waals surface area contributed by atoms with Gasteiger partial charge in [-0.15, -0.1) is 0 Å². The van der Waals surface area contributed by atoms with Crippen molar-refractivity contribution < 1.29 is 9.53 Å². The van der Waals surface area contributed by atoms with Gasteiger partial charge in [0, 0.05) is 6.20 Å². The molecule has 14 heavy (non-hydrogen) atoms. The zero-order valence-corrected chi connectivity index (χ0v) is 8.36. The molecule has 76 valence electrons. The van der Waals surface area contributed by atoms with Crippen molar-refractivity contribution in [1.82, 2.24) is 4.98 Å². The first-order valence-electron chi connectivity index (χ1n) is 4.48. The van der Waals surface area contributed by atoms with Crippen molar-refractivity contribution in [3.05, 3.63) is 24.0 Å². The molecule has 0 bridgehead atoms. The second kappa shape index (κ2) is 4.60. The van der Waals surface area contributed by atoms with E-state index in [4.69, 9.17) is 10.5 Å². The van der Waals surface area contributed by atoms with Gasteiger partial charge in [0.05, 0.1) is 24.1 Å². The number of carbonyl (C=O) groups excluding carboxylic acids is 1. The number of nitrogens with zero attached hydrogens (tertiary/aromatic N) is 1. The van der Waals surface area contributed by atoms with Crippen molar-refractivity contribution in [2.45, 2.75) is 13.8 Å². The lowest BCUT2D eigenvalue weighted by molar-refractivity contribution is 0.0460. The SMILES string of the molecule is CC(C)COC(=O)c1ccncc1N. The number of aromatic nitrogens is 1. The molecule has 0 saturated carbocycles. The van der Waals surface area contributed by atoms with Crippen LogP contribution in [0.15, 0.2) is 18.5 Å². The molecule has 0 fully saturated rings. The van der Waals surface area contributed by atoms with Gasteiger partial charge in [-0.05, 0) is 12.0 Å². The van der Waals surface area contributed by atoms with Gasteiger partial charge in [0.1, 0.15) is 0 Å². The van der Waals surface area contributed by atoms with E-state index in [2.05, 4.69) is 4.98 Å². The molecule has 0 unspecified atom stereocenters. The van der Waals surface area contributed by atoms with E-state index in [1.165, 1.54) is 12.4 Å². The molecule has 1 rings (SSSR count). The molecule has 0 aliphatic carbocycles. The number of pyridine rings is 1. The first kappa shape index (κ1) is 10.5. The normalized spacial score (nSPS) is 10.2. The monoisotopic (exact) mass is 194 g/mol. The van der Waals surface area contributed by atoms with Gasteiger partial charge in [-0.25, -0.2) is 4.79 Å². The van der Waals surface area contributed by atoms with Crippen molar-refractivity contribution >= 4 is 11.7 Å². The summed E-state index contributed by atoms with van der Waals surface area (Å²) in [5.74, 6) is -0.0689. The lowest BCUT2D eigenvalue weighted by Gasteiger charge is -2.07. The predicted molar refractivity (Wildman–Crippen MR) is 53.8 cm³/mol. The summed E-state index contributed by atoms with van der Waals surface area (Å²) in [5, 5.41) is 0. The summed E-state index contributed by atoms with van der Waals surface area (Å²) in [6.45, 7) is 4.35. The molecule has 4 nitrogen and oxygen atoms in total. The minimum atomic E-state index is -0.390. The Bertz CT molecular complexity index is 324. The molecule has 0 saturated heterocycles. The van der Waals surface area contributed by atoms with Gasteiger partial charge >= 0.3 is 5.97 Å². The van der Waals surface area contributed by atoms with Gasteiger partial charge in [-0.1, -0.05) is 13.8 Å². The maximum absolute atomic E-state index is 11.4. The molecule has 0 aromatic carbocycles. The molecule has 0 amide bonds. The quantitative estimate of drug-likeness (QED) is 0.740. The van der Waals surface area contributed by atoms with Crippen molar-refractivity contribution in [3.63, 3.8) is 0 Å². The Morgan fingerprint density at radius 1 is 1.64 bits per heavy atom. The van der Waals surface area contributed by atoms with Crippen LogP contribution in [0.5, 0.6) is 0 Å². The van der Waals surface area contributed by atoms with Crippen molar-refractivity contribution in [2.75, 3.05) is 12.3 Å². The Morgan fingerprint density at radius 2 is 2.36 bits per heavy atom. The van der Waals surface area contributed by atoms with Crippen LogP contribution in [0.4, 0.5) is 5.69 Å². The largest absolute Gasteiger partial charge is 0.462 e. The van der Waals surface area contributed by atoms with Crippen LogP contribution in [0.1, 0.15) is 24.2 Å². The minimum absolute atomic E-state index is 0.321. The van der Waals surface area contributed by atoms with Gasteiger partial charge in [-0.2, -0.15) is 0 Å². The zero-order chi connectivity index (χ0) is 10.6. The third-order valence-corrected chi connectivity index (χ3v) is 1.62. The van der Waals surface area contributed by atoms with Crippen LogP contribution in [0.25, 0.3) is 0 Å². The maximum Gasteiger partial charge on any atom is 0.340 e. The third kappa shape index (κ3) is 2.73. The molecule has 0 aliphatic rings. The summed E-state index contributed by atoms with van der Waals surface area (Å²) >= 11 is 0. The summed E-state index contributed by atoms with van der Waals surface area (Å²) in [5.41, 5.74) is 6.29. The Balaban J connectivity index is 2.65. The second-order valence-electron chi connectivity index (χ2n) is 3.46. The molecule has 1 heterocycles. The number of rotatable bonds is 3. The highest BCUT2D eigenvalue weighted by Crippen LogP contribution is 2.10. The summed E-state index contributed by atoms with van der Waals surface area (Å²) in [4.78, 5) is 15.2. The maximum atomic E-state index is 11.4. The Labute approximate surface area is 83.1 Å². The third-order valence-electron chi connectivity index (χ3n) is 1.62. The van der Waals surface area contributed by atoms with E-state index in [1.54, 1.807) is 6.07 Å². The predicted octanol–water partition coefficient (Wildman–Crippen LogP) is 1.48.